The highest BCUT2D eigenvalue weighted by molar-refractivity contribution is 7.92. The molecule has 0 spiro atoms. The van der Waals surface area contributed by atoms with Crippen LogP contribution in [0.3, 0.4) is 0 Å². The Morgan fingerprint density at radius 3 is 2.19 bits per heavy atom. The van der Waals surface area contributed by atoms with E-state index in [1.807, 2.05) is 42.5 Å². The number of hydrogen-bond donors (Lipinski definition) is 1. The van der Waals surface area contributed by atoms with E-state index in [0.717, 1.165) is 9.87 Å². The van der Waals surface area contributed by atoms with Gasteiger partial charge in [0.05, 0.1) is 16.8 Å². The molecule has 4 aromatic carbocycles. The second-order valence-electron chi connectivity index (χ2n) is 7.91. The van der Waals surface area contributed by atoms with Gasteiger partial charge in [0.2, 0.25) is 0 Å². The second kappa shape index (κ2) is 12.2. The molecule has 7 nitrogen and oxygen atoms in total. The van der Waals surface area contributed by atoms with E-state index in [1.165, 1.54) is 18.3 Å². The van der Waals surface area contributed by atoms with Gasteiger partial charge in [-0.25, -0.2) is 13.8 Å². The average molecular weight is 534 g/mol. The van der Waals surface area contributed by atoms with Crippen LogP contribution in [0.15, 0.2) is 119 Å². The van der Waals surface area contributed by atoms with Gasteiger partial charge in [0.25, 0.3) is 15.9 Å². The first-order valence-electron chi connectivity index (χ1n) is 11.3. The lowest BCUT2D eigenvalue weighted by molar-refractivity contribution is -0.119. The van der Waals surface area contributed by atoms with Crippen LogP contribution < -0.4 is 14.5 Å². The molecular weight excluding hydrogens is 510 g/mol. The Morgan fingerprint density at radius 2 is 1.49 bits per heavy atom. The van der Waals surface area contributed by atoms with E-state index in [2.05, 4.69) is 10.5 Å². The number of amides is 1. The number of nitrogens with zero attached hydrogens (tertiary/aromatic N) is 2. The maximum absolute atomic E-state index is 13.3. The van der Waals surface area contributed by atoms with E-state index in [-0.39, 0.29) is 4.90 Å². The summed E-state index contributed by atoms with van der Waals surface area (Å²) in [7, 11) is -4.02. The largest absolute Gasteiger partial charge is 0.488 e. The minimum Gasteiger partial charge on any atom is -0.488 e. The van der Waals surface area contributed by atoms with Gasteiger partial charge < -0.3 is 4.74 Å². The smallest absolute Gasteiger partial charge is 0.264 e. The number of benzene rings is 4. The molecule has 0 aliphatic heterocycles. The highest BCUT2D eigenvalue weighted by atomic mass is 35.5. The molecule has 0 unspecified atom stereocenters. The van der Waals surface area contributed by atoms with Crippen molar-refractivity contribution in [3.63, 3.8) is 0 Å². The minimum absolute atomic E-state index is 0.0609. The van der Waals surface area contributed by atoms with Gasteiger partial charge in [-0.15, -0.1) is 0 Å². The van der Waals surface area contributed by atoms with E-state index >= 15 is 0 Å². The standard InChI is InChI=1S/C28H24ClN3O4S/c29-24-15-17-25(18-16-24)32(37(34,35)26-12-5-2-6-13-26)20-28(33)31-30-19-23-11-7-8-14-27(23)36-21-22-9-3-1-4-10-22/h1-19H,20-21H2,(H,31,33)/b30-19+. The van der Waals surface area contributed by atoms with Crippen LogP contribution >= 0.6 is 11.6 Å². The zero-order chi connectivity index (χ0) is 26.1. The number of rotatable bonds is 10. The van der Waals surface area contributed by atoms with Gasteiger partial charge >= 0.3 is 0 Å². The SMILES string of the molecule is O=C(CN(c1ccc(Cl)cc1)S(=O)(=O)c1ccccc1)N/N=C/c1ccccc1OCc1ccccc1. The van der Waals surface area contributed by atoms with Gasteiger partial charge in [-0.1, -0.05) is 72.3 Å². The Balaban J connectivity index is 1.47. The normalized spacial score (nSPS) is 11.3. The summed E-state index contributed by atoms with van der Waals surface area (Å²) in [5.41, 5.74) is 4.38. The highest BCUT2D eigenvalue weighted by Crippen LogP contribution is 2.25. The number of sulfonamides is 1. The number of nitrogens with one attached hydrogen (secondary N) is 1. The number of carbonyl (C=O) groups excluding carboxylic acids is 1. The lowest BCUT2D eigenvalue weighted by atomic mass is 10.2. The van der Waals surface area contributed by atoms with Crippen LogP contribution in [0.5, 0.6) is 5.75 Å². The molecule has 4 aromatic rings. The van der Waals surface area contributed by atoms with Crippen LogP contribution in [0.1, 0.15) is 11.1 Å². The maximum Gasteiger partial charge on any atom is 0.264 e. The monoisotopic (exact) mass is 533 g/mol. The number of carbonyl (C=O) groups is 1. The van der Waals surface area contributed by atoms with Crippen molar-refractivity contribution in [1.82, 2.24) is 5.43 Å². The molecule has 0 saturated carbocycles. The van der Waals surface area contributed by atoms with Gasteiger partial charge in [-0.2, -0.15) is 5.10 Å². The van der Waals surface area contributed by atoms with Gasteiger partial charge in [0.15, 0.2) is 0 Å². The molecule has 0 saturated heterocycles. The third kappa shape index (κ3) is 6.97. The molecule has 4 rings (SSSR count). The van der Waals surface area contributed by atoms with Crippen LogP contribution in [0, 0.1) is 0 Å². The fourth-order valence-electron chi connectivity index (χ4n) is 3.44. The van der Waals surface area contributed by atoms with Crippen LogP contribution in [-0.4, -0.2) is 27.1 Å². The number of para-hydroxylation sites is 1. The van der Waals surface area contributed by atoms with Crippen molar-refractivity contribution in [2.75, 3.05) is 10.8 Å². The molecule has 0 aromatic heterocycles. The summed E-state index contributed by atoms with van der Waals surface area (Å²) in [6.07, 6.45) is 1.45. The minimum atomic E-state index is -4.02. The Kier molecular flexibility index (Phi) is 8.56. The van der Waals surface area contributed by atoms with Crippen molar-refractivity contribution in [2.24, 2.45) is 5.10 Å². The Labute approximate surface area is 221 Å². The summed E-state index contributed by atoms with van der Waals surface area (Å²) in [4.78, 5) is 12.8. The van der Waals surface area contributed by atoms with Crippen LogP contribution in [0.2, 0.25) is 5.02 Å². The quantitative estimate of drug-likeness (QED) is 0.222. The summed E-state index contributed by atoms with van der Waals surface area (Å²) < 4.78 is 33.6. The summed E-state index contributed by atoms with van der Waals surface area (Å²) in [5.74, 6) is -0.0211. The molecule has 1 N–H and O–H groups in total. The summed E-state index contributed by atoms with van der Waals surface area (Å²) in [5, 5.41) is 4.47. The first kappa shape index (κ1) is 25.9. The van der Waals surface area contributed by atoms with Crippen LogP contribution in [0.4, 0.5) is 5.69 Å². The predicted molar refractivity (Wildman–Crippen MR) is 145 cm³/mol. The molecule has 0 radical (unpaired) electrons. The van der Waals surface area contributed by atoms with Crippen molar-refractivity contribution in [1.29, 1.82) is 0 Å². The van der Waals surface area contributed by atoms with Gasteiger partial charge in [0, 0.05) is 10.6 Å². The lowest BCUT2D eigenvalue weighted by Crippen LogP contribution is -2.39. The maximum atomic E-state index is 13.3. The predicted octanol–water partition coefficient (Wildman–Crippen LogP) is 5.26. The van der Waals surface area contributed by atoms with Crippen molar-refractivity contribution >= 4 is 39.4 Å². The topological polar surface area (TPSA) is 88.1 Å². The number of ether oxygens (including phenoxy) is 1. The highest BCUT2D eigenvalue weighted by Gasteiger charge is 2.27. The van der Waals surface area contributed by atoms with Gasteiger partial charge in [0.1, 0.15) is 18.9 Å². The molecule has 0 fully saturated rings. The van der Waals surface area contributed by atoms with Gasteiger partial charge in [-0.3, -0.25) is 9.10 Å². The lowest BCUT2D eigenvalue weighted by Gasteiger charge is -2.23. The number of hydrazone groups is 1. The molecule has 0 atom stereocenters. The molecule has 0 bridgehead atoms. The Bertz CT molecular complexity index is 1460. The molecule has 37 heavy (non-hydrogen) atoms. The summed E-state index contributed by atoms with van der Waals surface area (Å²) in [6.45, 7) is -0.103. The van der Waals surface area contributed by atoms with Crippen LogP contribution in [0.25, 0.3) is 0 Å². The summed E-state index contributed by atoms with van der Waals surface area (Å²) >= 11 is 5.97. The fraction of sp³-hybridized carbons (Fsp3) is 0.0714. The van der Waals surface area contributed by atoms with Crippen molar-refractivity contribution in [2.45, 2.75) is 11.5 Å². The zero-order valence-electron chi connectivity index (χ0n) is 19.7. The first-order chi connectivity index (χ1) is 17.9. The van der Waals surface area contributed by atoms with Crippen molar-refractivity contribution in [3.8, 4) is 5.75 Å². The molecule has 188 valence electrons. The number of anilines is 1. The van der Waals surface area contributed by atoms with E-state index < -0.39 is 22.5 Å². The van der Waals surface area contributed by atoms with Crippen molar-refractivity contribution < 1.29 is 17.9 Å². The number of halogens is 1. The Hall–Kier alpha value is -4.14. The van der Waals surface area contributed by atoms with E-state index in [1.54, 1.807) is 54.6 Å². The van der Waals surface area contributed by atoms with E-state index in [9.17, 15) is 13.2 Å². The Morgan fingerprint density at radius 1 is 0.865 bits per heavy atom. The molecule has 1 amide bonds. The second-order valence-corrected chi connectivity index (χ2v) is 10.2. The first-order valence-corrected chi connectivity index (χ1v) is 13.2. The van der Waals surface area contributed by atoms with E-state index in [0.29, 0.717) is 28.6 Å². The van der Waals surface area contributed by atoms with Crippen LogP contribution in [-0.2, 0) is 21.4 Å². The molecule has 9 heteroatoms. The molecule has 0 aliphatic carbocycles. The van der Waals surface area contributed by atoms with Crippen molar-refractivity contribution in [3.05, 3.63) is 125 Å². The third-order valence-corrected chi connectivity index (χ3v) is 7.32. The molecule has 0 heterocycles. The fourth-order valence-corrected chi connectivity index (χ4v) is 5.00. The average Bonchev–Trinajstić information content (AvgIpc) is 2.93. The molecular formula is C28H24ClN3O4S. The van der Waals surface area contributed by atoms with Gasteiger partial charge in [-0.05, 0) is 54.1 Å². The molecule has 0 aliphatic rings. The zero-order valence-corrected chi connectivity index (χ0v) is 21.3. The third-order valence-electron chi connectivity index (χ3n) is 5.28. The summed E-state index contributed by atoms with van der Waals surface area (Å²) in [6, 6.07) is 31.1. The number of hydrogen-bond acceptors (Lipinski definition) is 5. The van der Waals surface area contributed by atoms with E-state index in [4.69, 9.17) is 16.3 Å².